The van der Waals surface area contributed by atoms with Crippen molar-refractivity contribution in [1.29, 1.82) is 5.26 Å². The van der Waals surface area contributed by atoms with E-state index in [9.17, 15) is 0 Å². The summed E-state index contributed by atoms with van der Waals surface area (Å²) in [7, 11) is 0. The van der Waals surface area contributed by atoms with E-state index in [0.29, 0.717) is 17.3 Å². The molecule has 0 radical (unpaired) electrons. The summed E-state index contributed by atoms with van der Waals surface area (Å²) in [5, 5.41) is 9.94. The number of nitrogen functional groups attached to an aromatic ring is 1. The fourth-order valence-corrected chi connectivity index (χ4v) is 2.79. The Morgan fingerprint density at radius 2 is 2.47 bits per heavy atom. The Kier molecular flexibility index (Phi) is 2.78. The lowest BCUT2D eigenvalue weighted by Gasteiger charge is -2.31. The largest absolute Gasteiger partial charge is 0.382 e. The van der Waals surface area contributed by atoms with E-state index in [-0.39, 0.29) is 0 Å². The maximum absolute atomic E-state index is 8.99. The highest BCUT2D eigenvalue weighted by molar-refractivity contribution is 7.10. The second kappa shape index (κ2) is 4.07. The van der Waals surface area contributed by atoms with Gasteiger partial charge in [-0.15, -0.1) is 0 Å². The lowest BCUT2D eigenvalue weighted by atomic mass is 10.0. The lowest BCUT2D eigenvalue weighted by Crippen LogP contribution is -2.34. The van der Waals surface area contributed by atoms with Crippen molar-refractivity contribution in [3.8, 4) is 6.07 Å². The third-order valence-electron chi connectivity index (χ3n) is 2.76. The molecule has 1 aliphatic rings. The molecule has 1 atom stereocenters. The number of rotatable bonds is 1. The Hall–Kier alpha value is -1.28. The van der Waals surface area contributed by atoms with Crippen LogP contribution in [0.25, 0.3) is 0 Å². The second-order valence-corrected chi connectivity index (χ2v) is 4.81. The first-order valence-corrected chi connectivity index (χ1v) is 5.90. The molecule has 1 aromatic rings. The molecule has 0 saturated carbocycles. The highest BCUT2D eigenvalue weighted by atomic mass is 32.1. The molecule has 80 valence electrons. The number of piperidine rings is 1. The Balaban J connectivity index is 2.25. The topological polar surface area (TPSA) is 65.9 Å². The maximum Gasteiger partial charge on any atom is 0.157 e. The summed E-state index contributed by atoms with van der Waals surface area (Å²) in [6.45, 7) is 4.26. The van der Waals surface area contributed by atoms with Crippen LogP contribution in [0.15, 0.2) is 0 Å². The second-order valence-electron chi connectivity index (χ2n) is 4.05. The Morgan fingerprint density at radius 1 is 1.67 bits per heavy atom. The monoisotopic (exact) mass is 222 g/mol. The molecular formula is C10H14N4S. The predicted octanol–water partition coefficient (Wildman–Crippen LogP) is 1.83. The fraction of sp³-hybridized carbons (Fsp3) is 0.600. The van der Waals surface area contributed by atoms with Crippen LogP contribution in [0.2, 0.25) is 0 Å². The first-order valence-electron chi connectivity index (χ1n) is 5.12. The summed E-state index contributed by atoms with van der Waals surface area (Å²) in [5.74, 6) is 1.06. The van der Waals surface area contributed by atoms with Crippen molar-refractivity contribution in [3.63, 3.8) is 0 Å². The predicted molar refractivity (Wildman–Crippen MR) is 61.9 cm³/mol. The first kappa shape index (κ1) is 10.2. The molecule has 1 aromatic heterocycles. The molecule has 4 nitrogen and oxygen atoms in total. The van der Waals surface area contributed by atoms with E-state index < -0.39 is 0 Å². The summed E-state index contributed by atoms with van der Waals surface area (Å²) in [5.41, 5.74) is 6.19. The van der Waals surface area contributed by atoms with Crippen LogP contribution in [0.1, 0.15) is 25.3 Å². The van der Waals surface area contributed by atoms with E-state index in [0.717, 1.165) is 18.1 Å². The van der Waals surface area contributed by atoms with Crippen LogP contribution in [-0.2, 0) is 0 Å². The molecule has 2 heterocycles. The lowest BCUT2D eigenvalue weighted by molar-refractivity contribution is 0.448. The summed E-state index contributed by atoms with van der Waals surface area (Å²) >= 11 is 1.34. The standard InChI is InChI=1S/C10H14N4S/c1-7-3-2-4-14(6-7)10-8(5-11)9(12)13-15-10/h7H,2-4,6H2,1H3,(H2,12,13). The molecular weight excluding hydrogens is 208 g/mol. The number of hydrogen-bond acceptors (Lipinski definition) is 5. The molecule has 1 fully saturated rings. The van der Waals surface area contributed by atoms with Crippen LogP contribution in [0.5, 0.6) is 0 Å². The molecule has 1 saturated heterocycles. The van der Waals surface area contributed by atoms with E-state index >= 15 is 0 Å². The molecule has 2 N–H and O–H groups in total. The zero-order chi connectivity index (χ0) is 10.8. The van der Waals surface area contributed by atoms with Gasteiger partial charge in [0.2, 0.25) is 0 Å². The SMILES string of the molecule is CC1CCCN(c2snc(N)c2C#N)C1. The molecule has 0 bridgehead atoms. The number of aromatic nitrogens is 1. The van der Waals surface area contributed by atoms with E-state index in [1.807, 2.05) is 0 Å². The number of nitriles is 1. The number of anilines is 2. The van der Waals surface area contributed by atoms with E-state index in [2.05, 4.69) is 22.3 Å². The van der Waals surface area contributed by atoms with Crippen LogP contribution in [0, 0.1) is 17.2 Å². The van der Waals surface area contributed by atoms with Crippen molar-refractivity contribution < 1.29 is 0 Å². The van der Waals surface area contributed by atoms with Gasteiger partial charge >= 0.3 is 0 Å². The van der Waals surface area contributed by atoms with Crippen molar-refractivity contribution in [2.24, 2.45) is 5.92 Å². The van der Waals surface area contributed by atoms with Gasteiger partial charge in [-0.2, -0.15) is 9.64 Å². The average Bonchev–Trinajstić information content (AvgIpc) is 2.59. The van der Waals surface area contributed by atoms with Gasteiger partial charge in [-0.3, -0.25) is 0 Å². The Labute approximate surface area is 93.5 Å². The van der Waals surface area contributed by atoms with Gasteiger partial charge in [0.1, 0.15) is 16.6 Å². The normalized spacial score (nSPS) is 21.3. The van der Waals surface area contributed by atoms with Gasteiger partial charge in [0.15, 0.2) is 5.82 Å². The van der Waals surface area contributed by atoms with E-state index in [1.165, 1.54) is 24.4 Å². The van der Waals surface area contributed by atoms with Crippen molar-refractivity contribution in [3.05, 3.63) is 5.56 Å². The highest BCUT2D eigenvalue weighted by Gasteiger charge is 2.22. The highest BCUT2D eigenvalue weighted by Crippen LogP contribution is 2.32. The summed E-state index contributed by atoms with van der Waals surface area (Å²) in [6.07, 6.45) is 2.45. The van der Waals surface area contributed by atoms with Crippen molar-refractivity contribution in [2.45, 2.75) is 19.8 Å². The minimum absolute atomic E-state index is 0.371. The molecule has 2 rings (SSSR count). The number of nitrogens with zero attached hydrogens (tertiary/aromatic N) is 3. The van der Waals surface area contributed by atoms with Crippen LogP contribution >= 0.6 is 11.5 Å². The maximum atomic E-state index is 8.99. The van der Waals surface area contributed by atoms with E-state index in [4.69, 9.17) is 11.0 Å². The summed E-state index contributed by atoms with van der Waals surface area (Å²) in [6, 6.07) is 2.14. The van der Waals surface area contributed by atoms with Crippen molar-refractivity contribution >= 4 is 22.4 Å². The van der Waals surface area contributed by atoms with Gasteiger partial charge in [0.05, 0.1) is 0 Å². The van der Waals surface area contributed by atoms with E-state index in [1.54, 1.807) is 0 Å². The van der Waals surface area contributed by atoms with Crippen LogP contribution in [-0.4, -0.2) is 17.5 Å². The third-order valence-corrected chi connectivity index (χ3v) is 3.68. The third kappa shape index (κ3) is 1.90. The van der Waals surface area contributed by atoms with Gasteiger partial charge in [-0.25, -0.2) is 0 Å². The molecule has 0 amide bonds. The quantitative estimate of drug-likeness (QED) is 0.787. The fourth-order valence-electron chi connectivity index (χ4n) is 1.99. The molecule has 1 unspecified atom stereocenters. The molecule has 1 aliphatic heterocycles. The average molecular weight is 222 g/mol. The van der Waals surface area contributed by atoms with Crippen molar-refractivity contribution in [2.75, 3.05) is 23.7 Å². The molecule has 0 spiro atoms. The minimum atomic E-state index is 0.371. The number of hydrogen-bond donors (Lipinski definition) is 1. The molecule has 0 aliphatic carbocycles. The summed E-state index contributed by atoms with van der Waals surface area (Å²) < 4.78 is 4.04. The Bertz CT molecular complexity index is 393. The minimum Gasteiger partial charge on any atom is -0.382 e. The van der Waals surface area contributed by atoms with Gasteiger partial charge < -0.3 is 10.6 Å². The molecule has 0 aromatic carbocycles. The Morgan fingerprint density at radius 3 is 3.13 bits per heavy atom. The van der Waals surface area contributed by atoms with Crippen molar-refractivity contribution in [1.82, 2.24) is 4.37 Å². The summed E-state index contributed by atoms with van der Waals surface area (Å²) in [4.78, 5) is 2.24. The van der Waals surface area contributed by atoms with Gasteiger partial charge in [-0.1, -0.05) is 6.92 Å². The molecule has 5 heteroatoms. The van der Waals surface area contributed by atoms with Gasteiger partial charge in [-0.05, 0) is 30.3 Å². The number of nitrogens with two attached hydrogens (primary N) is 1. The van der Waals surface area contributed by atoms with Crippen LogP contribution in [0.3, 0.4) is 0 Å². The molecule has 15 heavy (non-hydrogen) atoms. The van der Waals surface area contributed by atoms with Gasteiger partial charge in [0, 0.05) is 13.1 Å². The zero-order valence-corrected chi connectivity index (χ0v) is 9.55. The first-order chi connectivity index (χ1) is 7.22. The zero-order valence-electron chi connectivity index (χ0n) is 8.73. The van der Waals surface area contributed by atoms with Crippen LogP contribution < -0.4 is 10.6 Å². The smallest absolute Gasteiger partial charge is 0.157 e. The van der Waals surface area contributed by atoms with Crippen LogP contribution in [0.4, 0.5) is 10.8 Å². The van der Waals surface area contributed by atoms with Gasteiger partial charge in [0.25, 0.3) is 0 Å².